The van der Waals surface area contributed by atoms with Crippen molar-refractivity contribution in [3.05, 3.63) is 93.0 Å². The summed E-state index contributed by atoms with van der Waals surface area (Å²) in [6.07, 6.45) is 0. The lowest BCUT2D eigenvalue weighted by Crippen LogP contribution is -2.49. The van der Waals surface area contributed by atoms with Gasteiger partial charge in [-0.3, -0.25) is 19.7 Å². The zero-order chi connectivity index (χ0) is 25.7. The summed E-state index contributed by atoms with van der Waals surface area (Å²) in [6.45, 7) is 4.22. The first-order chi connectivity index (χ1) is 17.4. The zero-order valence-electron chi connectivity index (χ0n) is 19.6. The number of amides is 2. The van der Waals surface area contributed by atoms with E-state index < -0.39 is 10.8 Å². The third-order valence-corrected chi connectivity index (χ3v) is 6.12. The summed E-state index contributed by atoms with van der Waals surface area (Å²) in [5.41, 5.74) is 1.86. The fourth-order valence-corrected chi connectivity index (χ4v) is 4.18. The number of piperazine rings is 1. The largest absolute Gasteiger partial charge is 0.487 e. The summed E-state index contributed by atoms with van der Waals surface area (Å²) >= 11 is 5.92. The summed E-state index contributed by atoms with van der Waals surface area (Å²) in [6, 6.07) is 18.3. The fraction of sp³-hybridized carbons (Fsp3) is 0.231. The first-order valence-electron chi connectivity index (χ1n) is 11.5. The van der Waals surface area contributed by atoms with Gasteiger partial charge in [0.05, 0.1) is 22.9 Å². The highest BCUT2D eigenvalue weighted by Gasteiger charge is 2.24. The maximum atomic E-state index is 13.0. The van der Waals surface area contributed by atoms with Gasteiger partial charge in [-0.05, 0) is 55.5 Å². The van der Waals surface area contributed by atoms with Crippen LogP contribution in [0.25, 0.3) is 0 Å². The quantitative estimate of drug-likeness (QED) is 0.361. The number of nitrogens with zero attached hydrogens (tertiary/aromatic N) is 3. The van der Waals surface area contributed by atoms with E-state index in [2.05, 4.69) is 10.2 Å². The number of carbonyl (C=O) groups excluding carboxylic acids is 2. The summed E-state index contributed by atoms with van der Waals surface area (Å²) in [4.78, 5) is 40.5. The molecule has 9 nitrogen and oxygen atoms in total. The third-order valence-electron chi connectivity index (χ3n) is 5.87. The van der Waals surface area contributed by atoms with Gasteiger partial charge in [-0.25, -0.2) is 0 Å². The van der Waals surface area contributed by atoms with E-state index in [9.17, 15) is 19.7 Å². The lowest BCUT2D eigenvalue weighted by atomic mass is 10.1. The number of nitro benzene ring substituents is 1. The molecule has 1 heterocycles. The fourth-order valence-electron chi connectivity index (χ4n) is 4.05. The van der Waals surface area contributed by atoms with E-state index in [1.165, 1.54) is 18.2 Å². The van der Waals surface area contributed by atoms with Gasteiger partial charge in [0.25, 0.3) is 11.8 Å². The van der Waals surface area contributed by atoms with Gasteiger partial charge in [-0.2, -0.15) is 0 Å². The number of anilines is 2. The third kappa shape index (κ3) is 5.58. The summed E-state index contributed by atoms with van der Waals surface area (Å²) in [5.74, 6) is -0.402. The van der Waals surface area contributed by atoms with Crippen molar-refractivity contribution in [3.63, 3.8) is 0 Å². The molecule has 0 unspecified atom stereocenters. The molecule has 2 amide bonds. The molecule has 4 rings (SSSR count). The number of hydrogen-bond acceptors (Lipinski definition) is 6. The van der Waals surface area contributed by atoms with Crippen molar-refractivity contribution in [1.29, 1.82) is 0 Å². The average Bonchev–Trinajstić information content (AvgIpc) is 2.89. The van der Waals surface area contributed by atoms with Gasteiger partial charge in [0.15, 0.2) is 5.75 Å². The predicted molar refractivity (Wildman–Crippen MR) is 138 cm³/mol. The topological polar surface area (TPSA) is 105 Å². The van der Waals surface area contributed by atoms with Crippen LogP contribution >= 0.6 is 11.6 Å². The Hall–Kier alpha value is -4.11. The number of nitro groups is 1. The number of carbonyl (C=O) groups is 2. The van der Waals surface area contributed by atoms with Crippen LogP contribution in [-0.2, 0) is 0 Å². The van der Waals surface area contributed by atoms with Gasteiger partial charge in [0.1, 0.15) is 0 Å². The van der Waals surface area contributed by atoms with Crippen LogP contribution in [-0.4, -0.2) is 54.4 Å². The minimum absolute atomic E-state index is 0.0509. The summed E-state index contributed by atoms with van der Waals surface area (Å²) in [7, 11) is 0. The molecule has 3 aromatic rings. The van der Waals surface area contributed by atoms with E-state index in [0.717, 1.165) is 5.69 Å². The molecule has 1 N–H and O–H groups in total. The van der Waals surface area contributed by atoms with Gasteiger partial charge in [-0.15, -0.1) is 0 Å². The molecule has 1 fully saturated rings. The molecule has 0 aromatic heterocycles. The Morgan fingerprint density at radius 3 is 2.33 bits per heavy atom. The molecule has 186 valence electrons. The Labute approximate surface area is 213 Å². The van der Waals surface area contributed by atoms with E-state index in [4.69, 9.17) is 16.3 Å². The van der Waals surface area contributed by atoms with E-state index in [1.54, 1.807) is 48.2 Å². The Morgan fingerprint density at radius 1 is 1.00 bits per heavy atom. The number of rotatable bonds is 7. The van der Waals surface area contributed by atoms with Gasteiger partial charge in [0, 0.05) is 48.4 Å². The van der Waals surface area contributed by atoms with Crippen LogP contribution in [0.1, 0.15) is 27.6 Å². The molecule has 1 aliphatic heterocycles. The monoisotopic (exact) mass is 508 g/mol. The van der Waals surface area contributed by atoms with E-state index in [-0.39, 0.29) is 29.5 Å². The molecule has 0 radical (unpaired) electrons. The molecule has 1 saturated heterocycles. The Balaban J connectivity index is 1.46. The number of benzene rings is 3. The standard InChI is InChI=1S/C26H25ClN4O5/c1-2-36-24-12-9-19(17-23(24)31(34)35)25(32)28-21-5-3-4-6-22(21)29-13-15-30(16-14-29)26(33)18-7-10-20(27)11-8-18/h3-12,17H,2,13-16H2,1H3,(H,28,32). The van der Waals surface area contributed by atoms with Crippen LogP contribution in [0.2, 0.25) is 5.02 Å². The van der Waals surface area contributed by atoms with Gasteiger partial charge >= 0.3 is 5.69 Å². The SMILES string of the molecule is CCOc1ccc(C(=O)Nc2ccccc2N2CCN(C(=O)c3ccc(Cl)cc3)CC2)cc1[N+](=O)[O-]. The van der Waals surface area contributed by atoms with Crippen molar-refractivity contribution in [2.75, 3.05) is 43.0 Å². The molecule has 36 heavy (non-hydrogen) atoms. The normalized spacial score (nSPS) is 13.3. The Kier molecular flexibility index (Phi) is 7.70. The molecule has 0 spiro atoms. The van der Waals surface area contributed by atoms with Crippen LogP contribution in [0.15, 0.2) is 66.7 Å². The zero-order valence-corrected chi connectivity index (χ0v) is 20.4. The van der Waals surface area contributed by atoms with Crippen LogP contribution in [0.4, 0.5) is 17.1 Å². The lowest BCUT2D eigenvalue weighted by Gasteiger charge is -2.37. The number of halogens is 1. The van der Waals surface area contributed by atoms with Crippen molar-refractivity contribution in [3.8, 4) is 5.75 Å². The lowest BCUT2D eigenvalue weighted by molar-refractivity contribution is -0.385. The summed E-state index contributed by atoms with van der Waals surface area (Å²) < 4.78 is 5.29. The number of nitrogens with one attached hydrogen (secondary N) is 1. The van der Waals surface area contributed by atoms with Crippen LogP contribution < -0.4 is 15.0 Å². The molecule has 0 atom stereocenters. The molecule has 0 aliphatic carbocycles. The minimum atomic E-state index is -0.569. The van der Waals surface area contributed by atoms with E-state index >= 15 is 0 Å². The molecule has 1 aliphatic rings. The molecule has 10 heteroatoms. The van der Waals surface area contributed by atoms with Gasteiger partial charge < -0.3 is 19.9 Å². The second-order valence-electron chi connectivity index (χ2n) is 8.13. The molecule has 0 saturated carbocycles. The molecule has 3 aromatic carbocycles. The summed E-state index contributed by atoms with van der Waals surface area (Å²) in [5, 5.41) is 14.9. The van der Waals surface area contributed by atoms with Crippen LogP contribution in [0, 0.1) is 10.1 Å². The highest BCUT2D eigenvalue weighted by Crippen LogP contribution is 2.30. The first kappa shape index (κ1) is 25.0. The second-order valence-corrected chi connectivity index (χ2v) is 8.57. The van der Waals surface area contributed by atoms with Crippen molar-refractivity contribution in [2.45, 2.75) is 6.92 Å². The Morgan fingerprint density at radius 2 is 1.67 bits per heavy atom. The van der Waals surface area contributed by atoms with Crippen molar-refractivity contribution < 1.29 is 19.2 Å². The van der Waals surface area contributed by atoms with Crippen LogP contribution in [0.3, 0.4) is 0 Å². The Bertz CT molecular complexity index is 1270. The first-order valence-corrected chi connectivity index (χ1v) is 11.9. The molecule has 0 bridgehead atoms. The molecular weight excluding hydrogens is 484 g/mol. The van der Waals surface area contributed by atoms with Gasteiger partial charge in [-0.1, -0.05) is 23.7 Å². The highest BCUT2D eigenvalue weighted by atomic mass is 35.5. The highest BCUT2D eigenvalue weighted by molar-refractivity contribution is 6.30. The number of ether oxygens (including phenoxy) is 1. The van der Waals surface area contributed by atoms with Crippen LogP contribution in [0.5, 0.6) is 5.75 Å². The smallest absolute Gasteiger partial charge is 0.311 e. The maximum absolute atomic E-state index is 13.0. The van der Waals surface area contributed by atoms with Crippen molar-refractivity contribution in [2.24, 2.45) is 0 Å². The van der Waals surface area contributed by atoms with Crippen molar-refractivity contribution in [1.82, 2.24) is 4.90 Å². The van der Waals surface area contributed by atoms with E-state index in [1.807, 2.05) is 12.1 Å². The molecular formula is C26H25ClN4O5. The van der Waals surface area contributed by atoms with E-state index in [0.29, 0.717) is 42.5 Å². The predicted octanol–water partition coefficient (Wildman–Crippen LogP) is 4.86. The van der Waals surface area contributed by atoms with Crippen molar-refractivity contribution >= 4 is 40.5 Å². The maximum Gasteiger partial charge on any atom is 0.311 e. The van der Waals surface area contributed by atoms with Gasteiger partial charge in [0.2, 0.25) is 0 Å². The number of hydrogen-bond donors (Lipinski definition) is 1. The minimum Gasteiger partial charge on any atom is -0.487 e. The second kappa shape index (κ2) is 11.1. The number of para-hydroxylation sites is 2. The average molecular weight is 509 g/mol.